The SMILES string of the molecule is COC(O)c1ccc(F)c([N+](=O)[O-])c1. The van der Waals surface area contributed by atoms with E-state index in [-0.39, 0.29) is 5.56 Å². The van der Waals surface area contributed by atoms with Crippen molar-refractivity contribution in [1.29, 1.82) is 0 Å². The van der Waals surface area contributed by atoms with Gasteiger partial charge in [0.2, 0.25) is 5.82 Å². The second-order valence-corrected chi connectivity index (χ2v) is 2.56. The standard InChI is InChI=1S/C8H8FNO4/c1-14-8(11)5-2-3-6(9)7(4-5)10(12)13/h2-4,8,11H,1H3. The average Bonchev–Trinajstić information content (AvgIpc) is 2.17. The fourth-order valence-electron chi connectivity index (χ4n) is 0.959. The first-order chi connectivity index (χ1) is 6.56. The number of hydrogen-bond donors (Lipinski definition) is 1. The van der Waals surface area contributed by atoms with Crippen molar-refractivity contribution in [1.82, 2.24) is 0 Å². The third-order valence-electron chi connectivity index (χ3n) is 1.68. The van der Waals surface area contributed by atoms with Crippen LogP contribution in [0.15, 0.2) is 18.2 Å². The number of benzene rings is 1. The number of ether oxygens (including phenoxy) is 1. The Morgan fingerprint density at radius 3 is 2.79 bits per heavy atom. The van der Waals surface area contributed by atoms with E-state index in [0.29, 0.717) is 0 Å². The first-order valence-electron chi connectivity index (χ1n) is 3.71. The van der Waals surface area contributed by atoms with Gasteiger partial charge in [-0.3, -0.25) is 10.1 Å². The fourth-order valence-corrected chi connectivity index (χ4v) is 0.959. The van der Waals surface area contributed by atoms with Gasteiger partial charge >= 0.3 is 5.69 Å². The van der Waals surface area contributed by atoms with Crippen molar-refractivity contribution in [3.63, 3.8) is 0 Å². The maximum absolute atomic E-state index is 12.8. The number of hydrogen-bond acceptors (Lipinski definition) is 4. The van der Waals surface area contributed by atoms with Crippen molar-refractivity contribution in [3.8, 4) is 0 Å². The summed E-state index contributed by atoms with van der Waals surface area (Å²) in [6.45, 7) is 0. The summed E-state index contributed by atoms with van der Waals surface area (Å²) in [6, 6.07) is 3.07. The van der Waals surface area contributed by atoms with Gasteiger partial charge in [0.15, 0.2) is 6.29 Å². The van der Waals surface area contributed by atoms with Crippen LogP contribution in [0.1, 0.15) is 11.9 Å². The van der Waals surface area contributed by atoms with Crippen LogP contribution in [0.2, 0.25) is 0 Å². The molecule has 0 bridgehead atoms. The minimum Gasteiger partial charge on any atom is -0.364 e. The molecule has 1 unspecified atom stereocenters. The molecule has 0 spiro atoms. The highest BCUT2D eigenvalue weighted by atomic mass is 19.1. The summed E-state index contributed by atoms with van der Waals surface area (Å²) in [5.74, 6) is -0.943. The van der Waals surface area contributed by atoms with E-state index in [1.165, 1.54) is 13.2 Å². The highest BCUT2D eigenvalue weighted by Crippen LogP contribution is 2.22. The lowest BCUT2D eigenvalue weighted by Gasteiger charge is -2.07. The van der Waals surface area contributed by atoms with Crippen LogP contribution in [0.5, 0.6) is 0 Å². The van der Waals surface area contributed by atoms with Gasteiger partial charge in [-0.15, -0.1) is 0 Å². The van der Waals surface area contributed by atoms with E-state index in [0.717, 1.165) is 12.1 Å². The first kappa shape index (κ1) is 10.6. The van der Waals surface area contributed by atoms with Crippen LogP contribution >= 0.6 is 0 Å². The van der Waals surface area contributed by atoms with Crippen LogP contribution in [0.3, 0.4) is 0 Å². The molecule has 76 valence electrons. The zero-order valence-corrected chi connectivity index (χ0v) is 7.31. The van der Waals surface area contributed by atoms with Crippen molar-refractivity contribution in [2.24, 2.45) is 0 Å². The van der Waals surface area contributed by atoms with Crippen LogP contribution in [-0.2, 0) is 4.74 Å². The Labute approximate surface area is 78.9 Å². The molecular formula is C8H8FNO4. The van der Waals surface area contributed by atoms with Crippen LogP contribution in [-0.4, -0.2) is 17.1 Å². The molecule has 0 fully saturated rings. The van der Waals surface area contributed by atoms with Gasteiger partial charge in [0.25, 0.3) is 0 Å². The Morgan fingerprint density at radius 1 is 1.64 bits per heavy atom. The Morgan fingerprint density at radius 2 is 2.29 bits per heavy atom. The lowest BCUT2D eigenvalue weighted by Crippen LogP contribution is -2.01. The summed E-state index contributed by atoms with van der Waals surface area (Å²) in [6.07, 6.45) is -1.28. The van der Waals surface area contributed by atoms with E-state index in [1.54, 1.807) is 0 Å². The number of aliphatic hydroxyl groups excluding tert-OH is 1. The molecule has 0 radical (unpaired) electrons. The molecular weight excluding hydrogens is 193 g/mol. The summed E-state index contributed by atoms with van der Waals surface area (Å²) in [5.41, 5.74) is -0.542. The lowest BCUT2D eigenvalue weighted by molar-refractivity contribution is -0.387. The lowest BCUT2D eigenvalue weighted by atomic mass is 10.2. The Kier molecular flexibility index (Phi) is 3.10. The van der Waals surface area contributed by atoms with E-state index in [4.69, 9.17) is 5.11 Å². The van der Waals surface area contributed by atoms with Crippen molar-refractivity contribution in [2.75, 3.05) is 7.11 Å². The summed E-state index contributed by atoms with van der Waals surface area (Å²) < 4.78 is 17.3. The highest BCUT2D eigenvalue weighted by Gasteiger charge is 2.17. The fraction of sp³-hybridized carbons (Fsp3) is 0.250. The zero-order valence-electron chi connectivity index (χ0n) is 7.31. The number of aliphatic hydroxyl groups is 1. The minimum absolute atomic E-state index is 0.139. The molecule has 6 heteroatoms. The number of halogens is 1. The van der Waals surface area contributed by atoms with Gasteiger partial charge in [-0.25, -0.2) is 0 Å². The zero-order chi connectivity index (χ0) is 10.7. The first-order valence-corrected chi connectivity index (χ1v) is 3.71. The van der Waals surface area contributed by atoms with Crippen molar-refractivity contribution < 1.29 is 19.2 Å². The van der Waals surface area contributed by atoms with Gasteiger partial charge < -0.3 is 9.84 Å². The molecule has 14 heavy (non-hydrogen) atoms. The third-order valence-corrected chi connectivity index (χ3v) is 1.68. The predicted molar refractivity (Wildman–Crippen MR) is 45.0 cm³/mol. The molecule has 5 nitrogen and oxygen atoms in total. The van der Waals surface area contributed by atoms with Gasteiger partial charge in [-0.2, -0.15) is 4.39 Å². The van der Waals surface area contributed by atoms with Gasteiger partial charge in [0.05, 0.1) is 4.92 Å². The molecule has 0 heterocycles. The van der Waals surface area contributed by atoms with E-state index in [1.807, 2.05) is 0 Å². The number of rotatable bonds is 3. The van der Waals surface area contributed by atoms with Gasteiger partial charge in [-0.1, -0.05) is 6.07 Å². The molecule has 0 aliphatic rings. The quantitative estimate of drug-likeness (QED) is 0.455. The van der Waals surface area contributed by atoms with Crippen molar-refractivity contribution >= 4 is 5.69 Å². The molecule has 0 amide bonds. The topological polar surface area (TPSA) is 72.6 Å². The monoisotopic (exact) mass is 201 g/mol. The van der Waals surface area contributed by atoms with E-state index in [2.05, 4.69) is 4.74 Å². The molecule has 1 rings (SSSR count). The highest BCUT2D eigenvalue weighted by molar-refractivity contribution is 5.36. The molecule has 0 aromatic heterocycles. The molecule has 0 aliphatic carbocycles. The second-order valence-electron chi connectivity index (χ2n) is 2.56. The van der Waals surface area contributed by atoms with Gasteiger partial charge in [-0.05, 0) is 6.07 Å². The number of methoxy groups -OCH3 is 1. The molecule has 1 atom stereocenters. The summed E-state index contributed by atoms with van der Waals surface area (Å²) in [5, 5.41) is 19.5. The predicted octanol–water partition coefficient (Wildman–Crippen LogP) is 1.37. The largest absolute Gasteiger partial charge is 0.364 e. The van der Waals surface area contributed by atoms with Crippen LogP contribution in [0, 0.1) is 15.9 Å². The average molecular weight is 201 g/mol. The Hall–Kier alpha value is -1.53. The molecule has 0 aliphatic heterocycles. The smallest absolute Gasteiger partial charge is 0.305 e. The van der Waals surface area contributed by atoms with Crippen molar-refractivity contribution in [2.45, 2.75) is 6.29 Å². The summed E-state index contributed by atoms with van der Waals surface area (Å²) >= 11 is 0. The number of nitro benzene ring substituents is 1. The molecule has 0 saturated carbocycles. The number of nitro groups is 1. The van der Waals surface area contributed by atoms with Gasteiger partial charge in [0.1, 0.15) is 0 Å². The maximum atomic E-state index is 12.8. The normalized spacial score (nSPS) is 12.5. The van der Waals surface area contributed by atoms with E-state index < -0.39 is 22.7 Å². The Balaban J connectivity index is 3.12. The van der Waals surface area contributed by atoms with E-state index >= 15 is 0 Å². The third kappa shape index (κ3) is 2.04. The molecule has 1 aromatic rings. The summed E-state index contributed by atoms with van der Waals surface area (Å²) in [4.78, 5) is 9.47. The van der Waals surface area contributed by atoms with Crippen LogP contribution in [0.25, 0.3) is 0 Å². The number of nitrogens with zero attached hydrogens (tertiary/aromatic N) is 1. The van der Waals surface area contributed by atoms with Crippen molar-refractivity contribution in [3.05, 3.63) is 39.7 Å². The van der Waals surface area contributed by atoms with Gasteiger partial charge in [0, 0.05) is 18.7 Å². The minimum atomic E-state index is -1.28. The molecule has 0 saturated heterocycles. The Bertz CT molecular complexity index is 355. The van der Waals surface area contributed by atoms with Crippen LogP contribution in [0.4, 0.5) is 10.1 Å². The maximum Gasteiger partial charge on any atom is 0.305 e. The molecule has 1 aromatic carbocycles. The summed E-state index contributed by atoms with van der Waals surface area (Å²) in [7, 11) is 1.24. The molecule has 1 N–H and O–H groups in total. The van der Waals surface area contributed by atoms with E-state index in [9.17, 15) is 14.5 Å². The van der Waals surface area contributed by atoms with Crippen LogP contribution < -0.4 is 0 Å². The second kappa shape index (κ2) is 4.12.